The van der Waals surface area contributed by atoms with Gasteiger partial charge in [-0.2, -0.15) is 0 Å². The summed E-state index contributed by atoms with van der Waals surface area (Å²) >= 11 is 7.12. The largest absolute Gasteiger partial charge is 0.293 e. The van der Waals surface area contributed by atoms with Crippen molar-refractivity contribution in [1.29, 1.82) is 0 Å². The minimum atomic E-state index is -0.231. The Kier molecular flexibility index (Phi) is 4.57. The Bertz CT molecular complexity index is 502. The van der Waals surface area contributed by atoms with Crippen molar-refractivity contribution in [3.05, 3.63) is 59.2 Å². The van der Waals surface area contributed by atoms with Crippen LogP contribution in [0.15, 0.2) is 53.6 Å². The first-order valence-corrected chi connectivity index (χ1v) is 7.66. The van der Waals surface area contributed by atoms with E-state index in [0.29, 0.717) is 0 Å². The molecule has 0 radical (unpaired) electrons. The summed E-state index contributed by atoms with van der Waals surface area (Å²) in [5, 5.41) is 0. The number of carbonyl (C=O) groups is 1. The quantitative estimate of drug-likeness (QED) is 0.701. The van der Waals surface area contributed by atoms with Gasteiger partial charge in [-0.3, -0.25) is 4.79 Å². The maximum Gasteiger partial charge on any atom is 0.174 e. The van der Waals surface area contributed by atoms with Gasteiger partial charge in [-0.25, -0.2) is 0 Å². The normalized spacial score (nSPS) is 17.9. The van der Waals surface area contributed by atoms with Crippen molar-refractivity contribution in [3.8, 4) is 0 Å². The number of ketones is 1. The highest BCUT2D eigenvalue weighted by molar-refractivity contribution is 9.12. The van der Waals surface area contributed by atoms with Gasteiger partial charge in [0.15, 0.2) is 5.78 Å². The molecule has 0 aliphatic heterocycles. The number of hydrogen-bond acceptors (Lipinski definition) is 1. The molecule has 94 valence electrons. The lowest BCUT2D eigenvalue weighted by molar-refractivity contribution is -0.115. The minimum Gasteiger partial charge on any atom is -0.293 e. The van der Waals surface area contributed by atoms with Crippen LogP contribution in [0, 0.1) is 0 Å². The number of Topliss-reactive ketones (excluding diaryl/α,β-unsaturated/α-hetero) is 1. The van der Waals surface area contributed by atoms with Crippen molar-refractivity contribution in [2.45, 2.75) is 23.0 Å². The number of carbonyl (C=O) groups excluding carboxylic acids is 1. The van der Waals surface area contributed by atoms with Crippen LogP contribution < -0.4 is 0 Å². The SMILES string of the molecule is CC1=CC=C(C(=O)[C@H](Br)[C@H](Br)c2ccccc2)C1. The molecule has 1 aliphatic carbocycles. The first-order valence-electron chi connectivity index (χ1n) is 5.83. The molecular formula is C15H14Br2O. The smallest absolute Gasteiger partial charge is 0.174 e. The van der Waals surface area contributed by atoms with E-state index in [9.17, 15) is 4.79 Å². The van der Waals surface area contributed by atoms with Crippen molar-refractivity contribution in [1.82, 2.24) is 0 Å². The van der Waals surface area contributed by atoms with Gasteiger partial charge in [-0.05, 0) is 18.9 Å². The van der Waals surface area contributed by atoms with E-state index in [1.807, 2.05) is 49.4 Å². The van der Waals surface area contributed by atoms with Crippen LogP contribution in [-0.2, 0) is 4.79 Å². The number of alkyl halides is 2. The zero-order chi connectivity index (χ0) is 13.1. The molecule has 1 aromatic rings. The van der Waals surface area contributed by atoms with E-state index >= 15 is 0 Å². The van der Waals surface area contributed by atoms with Crippen LogP contribution in [0.4, 0.5) is 0 Å². The second-order valence-electron chi connectivity index (χ2n) is 4.46. The van der Waals surface area contributed by atoms with Gasteiger partial charge in [-0.1, -0.05) is 79.9 Å². The second-order valence-corrected chi connectivity index (χ2v) is 6.43. The standard InChI is InChI=1S/C15H14Br2O/c1-10-7-8-12(9-10)15(18)14(17)13(16)11-5-3-2-4-6-11/h2-8,13-14H,9H2,1H3/t13-,14-/m1/s1. The van der Waals surface area contributed by atoms with Gasteiger partial charge in [0.1, 0.15) is 0 Å². The molecule has 2 rings (SSSR count). The summed E-state index contributed by atoms with van der Waals surface area (Å²) < 4.78 is 0. The maximum atomic E-state index is 12.3. The van der Waals surface area contributed by atoms with Crippen LogP contribution in [0.3, 0.4) is 0 Å². The van der Waals surface area contributed by atoms with E-state index < -0.39 is 0 Å². The third-order valence-electron chi connectivity index (χ3n) is 2.98. The molecule has 0 aromatic heterocycles. The lowest BCUT2D eigenvalue weighted by Crippen LogP contribution is -2.20. The van der Waals surface area contributed by atoms with E-state index in [2.05, 4.69) is 31.9 Å². The van der Waals surface area contributed by atoms with E-state index in [4.69, 9.17) is 0 Å². The average molecular weight is 370 g/mol. The fourth-order valence-electron chi connectivity index (χ4n) is 1.95. The number of hydrogen-bond donors (Lipinski definition) is 0. The molecule has 0 spiro atoms. The van der Waals surface area contributed by atoms with Crippen LogP contribution in [0.2, 0.25) is 0 Å². The van der Waals surface area contributed by atoms with Gasteiger partial charge in [-0.15, -0.1) is 0 Å². The Hall–Kier alpha value is -0.670. The molecule has 2 atom stereocenters. The Balaban J connectivity index is 2.08. The van der Waals surface area contributed by atoms with Gasteiger partial charge < -0.3 is 0 Å². The van der Waals surface area contributed by atoms with E-state index in [0.717, 1.165) is 17.6 Å². The summed E-state index contributed by atoms with van der Waals surface area (Å²) in [6.45, 7) is 2.04. The highest BCUT2D eigenvalue weighted by Crippen LogP contribution is 2.34. The van der Waals surface area contributed by atoms with Crippen molar-refractivity contribution in [2.75, 3.05) is 0 Å². The molecule has 18 heavy (non-hydrogen) atoms. The summed E-state index contributed by atoms with van der Waals surface area (Å²) in [5.41, 5.74) is 3.23. The average Bonchev–Trinajstić information content (AvgIpc) is 2.84. The molecule has 0 saturated carbocycles. The van der Waals surface area contributed by atoms with E-state index in [1.54, 1.807) is 0 Å². The topological polar surface area (TPSA) is 17.1 Å². The molecule has 1 aliphatic rings. The first-order chi connectivity index (χ1) is 8.59. The third-order valence-corrected chi connectivity index (χ3v) is 5.69. The number of rotatable bonds is 4. The molecule has 0 amide bonds. The van der Waals surface area contributed by atoms with Crippen LogP contribution in [0.25, 0.3) is 0 Å². The monoisotopic (exact) mass is 368 g/mol. The molecule has 0 bridgehead atoms. The molecule has 0 unspecified atom stereocenters. The van der Waals surface area contributed by atoms with Gasteiger partial charge in [0.05, 0.1) is 9.65 Å². The Morgan fingerprint density at radius 3 is 2.39 bits per heavy atom. The molecular weight excluding hydrogens is 356 g/mol. The van der Waals surface area contributed by atoms with Gasteiger partial charge in [0, 0.05) is 5.57 Å². The highest BCUT2D eigenvalue weighted by atomic mass is 79.9. The minimum absolute atomic E-state index is 0.00648. The van der Waals surface area contributed by atoms with Crippen molar-refractivity contribution in [3.63, 3.8) is 0 Å². The van der Waals surface area contributed by atoms with E-state index in [1.165, 1.54) is 5.57 Å². The lowest BCUT2D eigenvalue weighted by atomic mass is 10.0. The van der Waals surface area contributed by atoms with Crippen LogP contribution in [0.5, 0.6) is 0 Å². The third kappa shape index (κ3) is 3.01. The molecule has 1 aromatic carbocycles. The Morgan fingerprint density at radius 2 is 1.83 bits per heavy atom. The maximum absolute atomic E-state index is 12.3. The second kappa shape index (κ2) is 5.98. The van der Waals surface area contributed by atoms with E-state index in [-0.39, 0.29) is 15.4 Å². The zero-order valence-electron chi connectivity index (χ0n) is 10.1. The van der Waals surface area contributed by atoms with Crippen molar-refractivity contribution < 1.29 is 4.79 Å². The number of halogens is 2. The van der Waals surface area contributed by atoms with Crippen LogP contribution in [0.1, 0.15) is 23.7 Å². The predicted molar refractivity (Wildman–Crippen MR) is 82.3 cm³/mol. The Morgan fingerprint density at radius 1 is 1.17 bits per heavy atom. The first kappa shape index (κ1) is 13.8. The van der Waals surface area contributed by atoms with Crippen LogP contribution >= 0.6 is 31.9 Å². The fraction of sp³-hybridized carbons (Fsp3) is 0.267. The predicted octanol–water partition coefficient (Wildman–Crippen LogP) is 4.73. The summed E-state index contributed by atoms with van der Waals surface area (Å²) in [5.74, 6) is 0.161. The lowest BCUT2D eigenvalue weighted by Gasteiger charge is -2.16. The zero-order valence-corrected chi connectivity index (χ0v) is 13.2. The number of allylic oxidation sites excluding steroid dienone is 4. The van der Waals surface area contributed by atoms with Crippen molar-refractivity contribution in [2.24, 2.45) is 0 Å². The highest BCUT2D eigenvalue weighted by Gasteiger charge is 2.28. The van der Waals surface area contributed by atoms with Gasteiger partial charge >= 0.3 is 0 Å². The molecule has 1 nitrogen and oxygen atoms in total. The summed E-state index contributed by atoms with van der Waals surface area (Å²) in [6, 6.07) is 9.98. The Labute approximate surface area is 124 Å². The van der Waals surface area contributed by atoms with Gasteiger partial charge in [0.2, 0.25) is 0 Å². The molecule has 0 saturated heterocycles. The molecule has 3 heteroatoms. The van der Waals surface area contributed by atoms with Crippen molar-refractivity contribution >= 4 is 37.6 Å². The van der Waals surface area contributed by atoms with Crippen LogP contribution in [-0.4, -0.2) is 10.6 Å². The fourth-order valence-corrected chi connectivity index (χ4v) is 3.09. The molecule has 0 N–H and O–H groups in total. The molecule has 0 fully saturated rings. The summed E-state index contributed by atoms with van der Waals surface area (Å²) in [4.78, 5) is 12.1. The number of benzene rings is 1. The summed E-state index contributed by atoms with van der Waals surface area (Å²) in [6.07, 6.45) is 4.71. The molecule has 0 heterocycles. The van der Waals surface area contributed by atoms with Gasteiger partial charge in [0.25, 0.3) is 0 Å². The summed E-state index contributed by atoms with van der Waals surface area (Å²) in [7, 11) is 0.